The smallest absolute Gasteiger partial charge is 0.248 e. The molecule has 4 nitrogen and oxygen atoms in total. The Hall–Kier alpha value is -1.53. The number of carbonyl (C=O) groups excluding carboxylic acids is 1. The van der Waals surface area contributed by atoms with Crippen LogP contribution >= 0.6 is 12.2 Å². The van der Waals surface area contributed by atoms with Gasteiger partial charge in [0.15, 0.2) is 0 Å². The lowest BCUT2D eigenvalue weighted by Gasteiger charge is -2.22. The molecule has 0 aromatic heterocycles. The van der Waals surface area contributed by atoms with E-state index in [0.29, 0.717) is 30.9 Å². The van der Waals surface area contributed by atoms with E-state index in [0.717, 1.165) is 5.56 Å². The van der Waals surface area contributed by atoms with Crippen molar-refractivity contribution < 1.29 is 13.9 Å². The lowest BCUT2D eigenvalue weighted by Crippen LogP contribution is -2.37. The molecule has 0 spiro atoms. The average Bonchev–Trinajstić information content (AvgIpc) is 2.40. The zero-order valence-electron chi connectivity index (χ0n) is 11.5. The van der Waals surface area contributed by atoms with Crippen LogP contribution in [0.4, 0.5) is 4.39 Å². The summed E-state index contributed by atoms with van der Waals surface area (Å²) >= 11 is 4.82. The van der Waals surface area contributed by atoms with E-state index in [1.165, 1.54) is 19.2 Å². The van der Waals surface area contributed by atoms with Gasteiger partial charge in [0.1, 0.15) is 12.4 Å². The minimum atomic E-state index is -0.269. The van der Waals surface area contributed by atoms with Gasteiger partial charge >= 0.3 is 0 Å². The standard InChI is InChI=1S/C14H19FN2O2S/c1-19-10-14(18)17(9-7-13(16)20)8-6-11-2-4-12(15)5-3-11/h2-5H,6-10H2,1H3,(H2,16,20). The zero-order chi connectivity index (χ0) is 15.0. The number of halogens is 1. The number of benzene rings is 1. The van der Waals surface area contributed by atoms with E-state index < -0.39 is 0 Å². The van der Waals surface area contributed by atoms with Gasteiger partial charge in [0.25, 0.3) is 0 Å². The first-order chi connectivity index (χ1) is 9.52. The van der Waals surface area contributed by atoms with Crippen LogP contribution in [0.25, 0.3) is 0 Å². The molecule has 0 saturated carbocycles. The van der Waals surface area contributed by atoms with Crippen LogP contribution in [0.2, 0.25) is 0 Å². The summed E-state index contributed by atoms with van der Waals surface area (Å²) < 4.78 is 17.7. The Balaban J connectivity index is 2.56. The quantitative estimate of drug-likeness (QED) is 0.739. The van der Waals surface area contributed by atoms with Crippen molar-refractivity contribution in [3.05, 3.63) is 35.6 Å². The zero-order valence-corrected chi connectivity index (χ0v) is 12.3. The number of nitrogens with two attached hydrogens (primary N) is 1. The summed E-state index contributed by atoms with van der Waals surface area (Å²) in [5.41, 5.74) is 6.43. The van der Waals surface area contributed by atoms with Gasteiger partial charge in [0.05, 0.1) is 4.99 Å². The minimum absolute atomic E-state index is 0.0285. The van der Waals surface area contributed by atoms with Crippen molar-refractivity contribution in [2.24, 2.45) is 5.73 Å². The van der Waals surface area contributed by atoms with Crippen LogP contribution in [0.1, 0.15) is 12.0 Å². The fraction of sp³-hybridized carbons (Fsp3) is 0.429. The minimum Gasteiger partial charge on any atom is -0.393 e. The van der Waals surface area contributed by atoms with Gasteiger partial charge in [-0.2, -0.15) is 0 Å². The Kier molecular flexibility index (Phi) is 7.11. The molecule has 0 radical (unpaired) electrons. The van der Waals surface area contributed by atoms with E-state index in [2.05, 4.69) is 0 Å². The van der Waals surface area contributed by atoms with Crippen molar-refractivity contribution in [1.29, 1.82) is 0 Å². The third-order valence-electron chi connectivity index (χ3n) is 2.83. The molecule has 0 unspecified atom stereocenters. The second kappa shape index (κ2) is 8.60. The number of amides is 1. The van der Waals surface area contributed by atoms with Crippen LogP contribution in [0, 0.1) is 5.82 Å². The van der Waals surface area contributed by atoms with Gasteiger partial charge in [-0.3, -0.25) is 4.79 Å². The largest absolute Gasteiger partial charge is 0.393 e. The summed E-state index contributed by atoms with van der Waals surface area (Å²) in [5, 5.41) is 0. The molecule has 0 fully saturated rings. The maximum atomic E-state index is 12.8. The molecule has 2 N–H and O–H groups in total. The third-order valence-corrected chi connectivity index (χ3v) is 3.04. The van der Waals surface area contributed by atoms with Gasteiger partial charge in [0.2, 0.25) is 5.91 Å². The molecular formula is C14H19FN2O2S. The maximum absolute atomic E-state index is 12.8. The van der Waals surface area contributed by atoms with E-state index in [4.69, 9.17) is 22.7 Å². The highest BCUT2D eigenvalue weighted by molar-refractivity contribution is 7.80. The molecule has 6 heteroatoms. The monoisotopic (exact) mass is 298 g/mol. The van der Waals surface area contributed by atoms with Gasteiger partial charge in [-0.05, 0) is 24.1 Å². The summed E-state index contributed by atoms with van der Waals surface area (Å²) in [6.45, 7) is 1.02. The lowest BCUT2D eigenvalue weighted by atomic mass is 10.1. The summed E-state index contributed by atoms with van der Waals surface area (Å²) in [6, 6.07) is 6.24. The fourth-order valence-corrected chi connectivity index (χ4v) is 1.83. The molecule has 0 saturated heterocycles. The van der Waals surface area contributed by atoms with Crippen LogP contribution in [0.3, 0.4) is 0 Å². The molecule has 0 aliphatic rings. The topological polar surface area (TPSA) is 55.6 Å². The molecule has 1 aromatic carbocycles. The number of hydrogen-bond donors (Lipinski definition) is 1. The first-order valence-electron chi connectivity index (χ1n) is 6.32. The van der Waals surface area contributed by atoms with Crippen molar-refractivity contribution in [1.82, 2.24) is 4.90 Å². The Labute approximate surface area is 123 Å². The van der Waals surface area contributed by atoms with Gasteiger partial charge in [-0.1, -0.05) is 24.4 Å². The molecular weight excluding hydrogens is 279 g/mol. The number of rotatable bonds is 8. The molecule has 0 bridgehead atoms. The van der Waals surface area contributed by atoms with E-state index in [-0.39, 0.29) is 18.3 Å². The normalized spacial score (nSPS) is 10.3. The molecule has 0 heterocycles. The molecule has 0 atom stereocenters. The molecule has 1 rings (SSSR count). The predicted molar refractivity (Wildman–Crippen MR) is 80.0 cm³/mol. The number of thiocarbonyl (C=S) groups is 1. The van der Waals surface area contributed by atoms with Crippen LogP contribution in [-0.4, -0.2) is 42.6 Å². The highest BCUT2D eigenvalue weighted by Gasteiger charge is 2.13. The van der Waals surface area contributed by atoms with Crippen molar-refractivity contribution in [3.63, 3.8) is 0 Å². The maximum Gasteiger partial charge on any atom is 0.248 e. The first kappa shape index (κ1) is 16.5. The second-order valence-corrected chi connectivity index (χ2v) is 4.93. The van der Waals surface area contributed by atoms with Gasteiger partial charge < -0.3 is 15.4 Å². The molecule has 0 aliphatic heterocycles. The summed E-state index contributed by atoms with van der Waals surface area (Å²) in [6.07, 6.45) is 1.13. The number of hydrogen-bond acceptors (Lipinski definition) is 3. The first-order valence-corrected chi connectivity index (χ1v) is 6.73. The highest BCUT2D eigenvalue weighted by Crippen LogP contribution is 2.05. The summed E-state index contributed by atoms with van der Waals surface area (Å²) in [5.74, 6) is -0.375. The number of methoxy groups -OCH3 is 1. The van der Waals surface area contributed by atoms with Crippen LogP contribution in [0.5, 0.6) is 0 Å². The Morgan fingerprint density at radius 1 is 1.35 bits per heavy atom. The van der Waals surface area contributed by atoms with Crippen LogP contribution in [0.15, 0.2) is 24.3 Å². The van der Waals surface area contributed by atoms with Crippen molar-refractivity contribution >= 4 is 23.1 Å². The number of carbonyl (C=O) groups is 1. The van der Waals surface area contributed by atoms with Gasteiger partial charge in [-0.15, -0.1) is 0 Å². The van der Waals surface area contributed by atoms with Crippen LogP contribution in [-0.2, 0) is 16.0 Å². The van der Waals surface area contributed by atoms with E-state index in [1.54, 1.807) is 17.0 Å². The van der Waals surface area contributed by atoms with E-state index in [9.17, 15) is 9.18 Å². The SMILES string of the molecule is COCC(=O)N(CCC(N)=S)CCc1ccc(F)cc1. The average molecular weight is 298 g/mol. The van der Waals surface area contributed by atoms with Crippen molar-refractivity contribution in [2.75, 3.05) is 26.8 Å². The van der Waals surface area contributed by atoms with E-state index >= 15 is 0 Å². The van der Waals surface area contributed by atoms with Crippen molar-refractivity contribution in [2.45, 2.75) is 12.8 Å². The van der Waals surface area contributed by atoms with Gasteiger partial charge in [-0.25, -0.2) is 4.39 Å². The van der Waals surface area contributed by atoms with Crippen LogP contribution < -0.4 is 5.73 Å². The molecule has 1 amide bonds. The van der Waals surface area contributed by atoms with Crippen molar-refractivity contribution in [3.8, 4) is 0 Å². The summed E-state index contributed by atoms with van der Waals surface area (Å²) in [7, 11) is 1.48. The van der Waals surface area contributed by atoms with Gasteiger partial charge in [0, 0.05) is 26.6 Å². The Morgan fingerprint density at radius 2 is 2.00 bits per heavy atom. The molecule has 1 aromatic rings. The second-order valence-electron chi connectivity index (χ2n) is 4.41. The Morgan fingerprint density at radius 3 is 2.55 bits per heavy atom. The lowest BCUT2D eigenvalue weighted by molar-refractivity contribution is -0.135. The number of ether oxygens (including phenoxy) is 1. The number of nitrogens with zero attached hydrogens (tertiary/aromatic N) is 1. The Bertz CT molecular complexity index is 451. The molecule has 0 aliphatic carbocycles. The van der Waals surface area contributed by atoms with E-state index in [1.807, 2.05) is 0 Å². The predicted octanol–water partition coefficient (Wildman–Crippen LogP) is 1.52. The molecule has 20 heavy (non-hydrogen) atoms. The molecule has 110 valence electrons. The highest BCUT2D eigenvalue weighted by atomic mass is 32.1. The fourth-order valence-electron chi connectivity index (χ4n) is 1.74. The summed E-state index contributed by atoms with van der Waals surface area (Å²) in [4.78, 5) is 13.9. The third kappa shape index (κ3) is 6.08.